The maximum atomic E-state index is 15.0. The molecule has 172 valence electrons. The van der Waals surface area contributed by atoms with Gasteiger partial charge >= 0.3 is 0 Å². The number of aromatic nitrogens is 2. The van der Waals surface area contributed by atoms with Crippen LogP contribution in [0.1, 0.15) is 48.4 Å². The van der Waals surface area contributed by atoms with Crippen molar-refractivity contribution in [3.05, 3.63) is 47.2 Å². The van der Waals surface area contributed by atoms with E-state index >= 15 is 0 Å². The fourth-order valence-electron chi connectivity index (χ4n) is 4.55. The van der Waals surface area contributed by atoms with Gasteiger partial charge in [-0.25, -0.2) is 14.4 Å². The molecule has 2 aliphatic heterocycles. The zero-order valence-electron chi connectivity index (χ0n) is 18.2. The minimum absolute atomic E-state index is 0.101. The Hall–Kier alpha value is -2.76. The third-order valence-corrected chi connectivity index (χ3v) is 9.81. The summed E-state index contributed by atoms with van der Waals surface area (Å²) in [4.78, 5) is 25.5. The Balaban J connectivity index is 1.71. The molecular weight excluding hydrogens is 437 g/mol. The Kier molecular flexibility index (Phi) is 5.18. The van der Waals surface area contributed by atoms with Crippen LogP contribution in [0.15, 0.2) is 29.4 Å². The second-order valence-corrected chi connectivity index (χ2v) is 11.1. The predicted octanol–water partition coefficient (Wildman–Crippen LogP) is 3.44. The van der Waals surface area contributed by atoms with E-state index in [-0.39, 0.29) is 23.0 Å². The molecule has 1 aromatic carbocycles. The van der Waals surface area contributed by atoms with Gasteiger partial charge in [0.1, 0.15) is 27.6 Å². The van der Waals surface area contributed by atoms with Gasteiger partial charge in [0, 0.05) is 11.3 Å². The number of carbonyl (C=O) groups is 1. The number of amidine groups is 1. The Bertz CT molecular complexity index is 1140. The molecule has 1 saturated heterocycles. The van der Waals surface area contributed by atoms with E-state index in [1.54, 1.807) is 20.8 Å². The molecule has 32 heavy (non-hydrogen) atoms. The van der Waals surface area contributed by atoms with Gasteiger partial charge in [-0.1, -0.05) is 0 Å². The number of hydrogen-bond donors (Lipinski definition) is 4. The fraction of sp³-hybridized carbons (Fsp3) is 0.429. The standard InChI is InChI=1S/C21H26FN5O4S/c1-11-17(24-10-16(25-11)31-4)18(28)26-12-5-6-14(22)13(9-12)21(3)15-7-8-20(2,19(23)27-21)32(15,29)30/h5-6,9-10,15,29-30H,7-8H2,1-4H3,(H2,23,27)(H,26,28)/t15-,20+,21+/m0/s1. The number of aryl methyl sites for hydroxylation is 1. The van der Waals surface area contributed by atoms with E-state index in [0.717, 1.165) is 0 Å². The Labute approximate surface area is 186 Å². The zero-order chi connectivity index (χ0) is 23.5. The molecule has 2 aromatic rings. The topological polar surface area (TPSA) is 143 Å². The smallest absolute Gasteiger partial charge is 0.276 e. The van der Waals surface area contributed by atoms with E-state index in [1.807, 2.05) is 0 Å². The van der Waals surface area contributed by atoms with Crippen LogP contribution in [0.4, 0.5) is 10.1 Å². The third kappa shape index (κ3) is 3.14. The number of hydrogen-bond acceptors (Lipinski definition) is 8. The van der Waals surface area contributed by atoms with Gasteiger partial charge in [0.25, 0.3) is 5.91 Å². The van der Waals surface area contributed by atoms with Gasteiger partial charge in [-0.15, -0.1) is 0 Å². The van der Waals surface area contributed by atoms with E-state index in [9.17, 15) is 18.3 Å². The number of rotatable bonds is 4. The molecule has 0 unspecified atom stereocenters. The molecule has 1 aromatic heterocycles. The summed E-state index contributed by atoms with van der Waals surface area (Å²) in [6.45, 7) is 4.96. The van der Waals surface area contributed by atoms with E-state index in [2.05, 4.69) is 20.3 Å². The number of benzene rings is 1. The van der Waals surface area contributed by atoms with Crippen molar-refractivity contribution in [2.75, 3.05) is 12.4 Å². The molecule has 3 heterocycles. The number of methoxy groups -OCH3 is 1. The fourth-order valence-corrected chi connectivity index (χ4v) is 7.22. The first-order chi connectivity index (χ1) is 14.9. The summed E-state index contributed by atoms with van der Waals surface area (Å²) in [6.07, 6.45) is 2.23. The monoisotopic (exact) mass is 463 g/mol. The molecule has 0 spiro atoms. The minimum Gasteiger partial charge on any atom is -0.480 e. The van der Waals surface area contributed by atoms with Gasteiger partial charge in [0.05, 0.1) is 24.3 Å². The lowest BCUT2D eigenvalue weighted by Gasteiger charge is -2.54. The van der Waals surface area contributed by atoms with Gasteiger partial charge < -0.3 is 15.8 Å². The number of aliphatic imine (C=N–C) groups is 1. The largest absolute Gasteiger partial charge is 0.480 e. The van der Waals surface area contributed by atoms with Gasteiger partial charge in [-0.3, -0.25) is 18.9 Å². The lowest BCUT2D eigenvalue weighted by atomic mass is 9.86. The number of amides is 1. The Morgan fingerprint density at radius 1 is 1.38 bits per heavy atom. The van der Waals surface area contributed by atoms with Crippen LogP contribution in [-0.2, 0) is 5.54 Å². The summed E-state index contributed by atoms with van der Waals surface area (Å²) >= 11 is 0. The number of nitrogens with zero attached hydrogens (tertiary/aromatic N) is 3. The SMILES string of the molecule is COc1cnc(C(=O)Nc2ccc(F)c([C@@]3(C)N=C(N)[C@@]4(C)CC[C@@H]3S4(O)O)c2)c(C)n1. The summed E-state index contributed by atoms with van der Waals surface area (Å²) in [6, 6.07) is 4.08. The number of anilines is 1. The number of fused-ring (bicyclic) bond motifs is 2. The molecule has 0 saturated carbocycles. The average Bonchev–Trinajstić information content (AvgIpc) is 2.92. The first-order valence-corrected chi connectivity index (χ1v) is 11.7. The number of nitrogens with two attached hydrogens (primary N) is 1. The van der Waals surface area contributed by atoms with E-state index in [1.165, 1.54) is 31.5 Å². The van der Waals surface area contributed by atoms with Gasteiger partial charge in [-0.05, 0) is 51.8 Å². The van der Waals surface area contributed by atoms with Crippen LogP contribution in [0.2, 0.25) is 0 Å². The highest BCUT2D eigenvalue weighted by Gasteiger charge is 2.62. The lowest BCUT2D eigenvalue weighted by molar-refractivity contribution is 0.102. The molecule has 9 nitrogen and oxygen atoms in total. The lowest BCUT2D eigenvalue weighted by Crippen LogP contribution is -2.53. The normalized spacial score (nSPS) is 29.2. The molecule has 1 fully saturated rings. The van der Waals surface area contributed by atoms with Crippen molar-refractivity contribution in [2.45, 2.75) is 49.1 Å². The molecule has 0 aliphatic carbocycles. The second-order valence-electron chi connectivity index (χ2n) is 8.49. The molecule has 11 heteroatoms. The molecule has 5 N–H and O–H groups in total. The molecule has 3 atom stereocenters. The summed E-state index contributed by atoms with van der Waals surface area (Å²) in [5.74, 6) is -0.712. The van der Waals surface area contributed by atoms with Crippen molar-refractivity contribution in [3.63, 3.8) is 0 Å². The minimum atomic E-state index is -3.18. The van der Waals surface area contributed by atoms with Gasteiger partial charge in [0.15, 0.2) is 0 Å². The summed E-state index contributed by atoms with van der Waals surface area (Å²) in [7, 11) is -1.73. The highest BCUT2D eigenvalue weighted by Crippen LogP contribution is 2.71. The summed E-state index contributed by atoms with van der Waals surface area (Å²) in [5, 5.41) is 2.00. The second kappa shape index (κ2) is 7.39. The maximum absolute atomic E-state index is 15.0. The first-order valence-electron chi connectivity index (χ1n) is 10.1. The molecule has 2 aliphatic rings. The number of ether oxygens (including phenoxy) is 1. The quantitative estimate of drug-likeness (QED) is 0.544. The van der Waals surface area contributed by atoms with E-state index in [0.29, 0.717) is 24.2 Å². The van der Waals surface area contributed by atoms with Crippen molar-refractivity contribution < 1.29 is 23.0 Å². The highest BCUT2D eigenvalue weighted by atomic mass is 32.3. The molecule has 0 radical (unpaired) electrons. The summed E-state index contributed by atoms with van der Waals surface area (Å²) in [5.41, 5.74) is 5.78. The number of halogens is 1. The Morgan fingerprint density at radius 3 is 2.75 bits per heavy atom. The Morgan fingerprint density at radius 2 is 2.09 bits per heavy atom. The van der Waals surface area contributed by atoms with Crippen molar-refractivity contribution in [2.24, 2.45) is 10.7 Å². The van der Waals surface area contributed by atoms with Crippen LogP contribution in [0.5, 0.6) is 5.88 Å². The molecule has 1 amide bonds. The third-order valence-electron chi connectivity index (χ3n) is 6.58. The van der Waals surface area contributed by atoms with Crippen LogP contribution in [0.3, 0.4) is 0 Å². The zero-order valence-corrected chi connectivity index (χ0v) is 19.0. The van der Waals surface area contributed by atoms with Crippen LogP contribution < -0.4 is 15.8 Å². The first kappa shape index (κ1) is 22.4. The van der Waals surface area contributed by atoms with Crippen molar-refractivity contribution in [1.29, 1.82) is 0 Å². The average molecular weight is 464 g/mol. The van der Waals surface area contributed by atoms with Crippen LogP contribution in [0, 0.1) is 12.7 Å². The van der Waals surface area contributed by atoms with Crippen molar-refractivity contribution >= 4 is 28.0 Å². The number of carbonyl (C=O) groups excluding carboxylic acids is 1. The van der Waals surface area contributed by atoms with Crippen molar-refractivity contribution in [1.82, 2.24) is 9.97 Å². The molecule has 2 bridgehead atoms. The van der Waals surface area contributed by atoms with Crippen LogP contribution >= 0.6 is 10.6 Å². The van der Waals surface area contributed by atoms with Gasteiger partial charge in [-0.2, -0.15) is 10.6 Å². The summed E-state index contributed by atoms with van der Waals surface area (Å²) < 4.78 is 41.0. The highest BCUT2D eigenvalue weighted by molar-refractivity contribution is 8.26. The van der Waals surface area contributed by atoms with E-state index in [4.69, 9.17) is 10.5 Å². The number of nitrogens with one attached hydrogen (secondary N) is 1. The van der Waals surface area contributed by atoms with Gasteiger partial charge in [0.2, 0.25) is 5.88 Å². The van der Waals surface area contributed by atoms with E-state index < -0.39 is 37.9 Å². The van der Waals surface area contributed by atoms with Crippen molar-refractivity contribution in [3.8, 4) is 5.88 Å². The molecule has 4 rings (SSSR count). The maximum Gasteiger partial charge on any atom is 0.276 e. The van der Waals surface area contributed by atoms with Crippen LogP contribution in [-0.4, -0.2) is 47.9 Å². The predicted molar refractivity (Wildman–Crippen MR) is 121 cm³/mol. The molecular formula is C21H26FN5O4S. The van der Waals surface area contributed by atoms with Crippen LogP contribution in [0.25, 0.3) is 0 Å².